The largest absolute Gasteiger partial charge is 0.481 e. The van der Waals surface area contributed by atoms with E-state index >= 15 is 0 Å². The second-order valence-corrected chi connectivity index (χ2v) is 5.01. The number of aliphatic carboxylic acids is 1. The Morgan fingerprint density at radius 2 is 2.26 bits per heavy atom. The first-order chi connectivity index (χ1) is 9.22. The van der Waals surface area contributed by atoms with Crippen LogP contribution >= 0.6 is 0 Å². The molecule has 2 rings (SSSR count). The maximum absolute atomic E-state index is 11.3. The molecule has 0 saturated heterocycles. The Morgan fingerprint density at radius 1 is 1.47 bits per heavy atom. The van der Waals surface area contributed by atoms with E-state index in [1.54, 1.807) is 0 Å². The van der Waals surface area contributed by atoms with Gasteiger partial charge in [-0.25, -0.2) is 0 Å². The van der Waals surface area contributed by atoms with Crippen LogP contribution in [0.5, 0.6) is 0 Å². The van der Waals surface area contributed by atoms with Crippen LogP contribution in [-0.4, -0.2) is 24.2 Å². The van der Waals surface area contributed by atoms with Gasteiger partial charge in [-0.3, -0.25) is 4.79 Å². The van der Waals surface area contributed by atoms with Crippen molar-refractivity contribution < 1.29 is 14.6 Å². The van der Waals surface area contributed by atoms with Crippen molar-refractivity contribution in [3.05, 3.63) is 35.4 Å². The number of nitrogens with two attached hydrogens (primary N) is 1. The molecule has 1 aromatic carbocycles. The zero-order valence-electron chi connectivity index (χ0n) is 11.0. The van der Waals surface area contributed by atoms with Gasteiger partial charge in [0, 0.05) is 0 Å². The summed E-state index contributed by atoms with van der Waals surface area (Å²) in [5.41, 5.74) is 7.89. The molecule has 0 saturated carbocycles. The van der Waals surface area contributed by atoms with Crippen molar-refractivity contribution >= 4 is 5.97 Å². The summed E-state index contributed by atoms with van der Waals surface area (Å²) < 4.78 is 5.77. The fraction of sp³-hybridized carbons (Fsp3) is 0.533. The van der Waals surface area contributed by atoms with Gasteiger partial charge in [0.25, 0.3) is 0 Å². The highest BCUT2D eigenvalue weighted by molar-refractivity contribution is 5.70. The molecule has 4 nitrogen and oxygen atoms in total. The molecule has 0 aromatic heterocycles. The van der Waals surface area contributed by atoms with Crippen molar-refractivity contribution in [2.45, 2.75) is 31.8 Å². The van der Waals surface area contributed by atoms with Crippen LogP contribution in [0.4, 0.5) is 0 Å². The number of carboxylic acids is 1. The van der Waals surface area contributed by atoms with Crippen LogP contribution in [-0.2, 0) is 16.0 Å². The fourth-order valence-electron chi connectivity index (χ4n) is 2.64. The third-order valence-electron chi connectivity index (χ3n) is 3.70. The second-order valence-electron chi connectivity index (χ2n) is 5.01. The second kappa shape index (κ2) is 6.68. The molecule has 0 amide bonds. The Kier molecular flexibility index (Phi) is 4.93. The van der Waals surface area contributed by atoms with Gasteiger partial charge in [-0.1, -0.05) is 24.3 Å². The maximum atomic E-state index is 11.3. The quantitative estimate of drug-likeness (QED) is 0.824. The standard InChI is InChI=1S/C15H21NO3/c16-8-3-5-12(15(17)18)10-14-13-6-2-1-4-11(13)7-9-19-14/h1-2,4,6,12,14H,3,5,7-10,16H2,(H,17,18). The van der Waals surface area contributed by atoms with E-state index in [0.717, 1.165) is 18.4 Å². The third-order valence-corrected chi connectivity index (χ3v) is 3.70. The summed E-state index contributed by atoms with van der Waals surface area (Å²) in [5, 5.41) is 9.28. The molecule has 0 bridgehead atoms. The van der Waals surface area contributed by atoms with E-state index in [-0.39, 0.29) is 12.0 Å². The molecule has 1 aliphatic heterocycles. The number of carbonyl (C=O) groups is 1. The monoisotopic (exact) mass is 263 g/mol. The molecule has 0 aliphatic carbocycles. The molecule has 19 heavy (non-hydrogen) atoms. The molecule has 104 valence electrons. The first-order valence-electron chi connectivity index (χ1n) is 6.84. The van der Waals surface area contributed by atoms with Gasteiger partial charge in [-0.15, -0.1) is 0 Å². The summed E-state index contributed by atoms with van der Waals surface area (Å²) >= 11 is 0. The molecule has 3 N–H and O–H groups in total. The van der Waals surface area contributed by atoms with Crippen molar-refractivity contribution in [3.8, 4) is 0 Å². The van der Waals surface area contributed by atoms with Crippen LogP contribution in [0.2, 0.25) is 0 Å². The molecule has 2 atom stereocenters. The Bertz CT molecular complexity index is 433. The van der Waals surface area contributed by atoms with Crippen molar-refractivity contribution in [2.24, 2.45) is 11.7 Å². The molecule has 4 heteroatoms. The number of hydrogen-bond acceptors (Lipinski definition) is 3. The maximum Gasteiger partial charge on any atom is 0.306 e. The molecule has 0 radical (unpaired) electrons. The van der Waals surface area contributed by atoms with E-state index in [0.29, 0.717) is 26.0 Å². The average molecular weight is 263 g/mol. The molecule has 1 heterocycles. The summed E-state index contributed by atoms with van der Waals surface area (Å²) in [6, 6.07) is 8.14. The summed E-state index contributed by atoms with van der Waals surface area (Å²) in [7, 11) is 0. The Labute approximate surface area is 113 Å². The lowest BCUT2D eigenvalue weighted by molar-refractivity contribution is -0.143. The number of carboxylic acid groups (broad SMARTS) is 1. The van der Waals surface area contributed by atoms with Crippen molar-refractivity contribution in [1.82, 2.24) is 0 Å². The van der Waals surface area contributed by atoms with Gasteiger partial charge in [0.1, 0.15) is 0 Å². The minimum Gasteiger partial charge on any atom is -0.481 e. The van der Waals surface area contributed by atoms with Gasteiger partial charge >= 0.3 is 5.97 Å². The van der Waals surface area contributed by atoms with Gasteiger partial charge in [-0.05, 0) is 43.4 Å². The minimum atomic E-state index is -0.750. The number of ether oxygens (including phenoxy) is 1. The van der Waals surface area contributed by atoms with Gasteiger partial charge in [0.15, 0.2) is 0 Å². The van der Waals surface area contributed by atoms with Crippen LogP contribution in [0.3, 0.4) is 0 Å². The highest BCUT2D eigenvalue weighted by Gasteiger charge is 2.27. The van der Waals surface area contributed by atoms with Crippen LogP contribution in [0.1, 0.15) is 36.5 Å². The van der Waals surface area contributed by atoms with Crippen LogP contribution in [0.25, 0.3) is 0 Å². The molecular formula is C15H21NO3. The molecular weight excluding hydrogens is 242 g/mol. The Hall–Kier alpha value is -1.39. The number of benzene rings is 1. The zero-order chi connectivity index (χ0) is 13.7. The van der Waals surface area contributed by atoms with Crippen LogP contribution in [0.15, 0.2) is 24.3 Å². The molecule has 0 fully saturated rings. The number of fused-ring (bicyclic) bond motifs is 1. The smallest absolute Gasteiger partial charge is 0.306 e. The lowest BCUT2D eigenvalue weighted by Gasteiger charge is -2.28. The highest BCUT2D eigenvalue weighted by Crippen LogP contribution is 2.33. The van der Waals surface area contributed by atoms with E-state index in [1.165, 1.54) is 5.56 Å². The summed E-state index contributed by atoms with van der Waals surface area (Å²) in [6.07, 6.45) is 2.71. The molecule has 1 aromatic rings. The van der Waals surface area contributed by atoms with E-state index in [4.69, 9.17) is 10.5 Å². The first-order valence-corrected chi connectivity index (χ1v) is 6.84. The van der Waals surface area contributed by atoms with Crippen LogP contribution in [0, 0.1) is 5.92 Å². The summed E-state index contributed by atoms with van der Waals surface area (Å²) in [6.45, 7) is 1.21. The molecule has 1 aliphatic rings. The number of rotatable bonds is 6. The predicted molar refractivity (Wildman–Crippen MR) is 72.9 cm³/mol. The Morgan fingerprint density at radius 3 is 3.00 bits per heavy atom. The Balaban J connectivity index is 2.08. The van der Waals surface area contributed by atoms with Gasteiger partial charge in [0.05, 0.1) is 18.6 Å². The van der Waals surface area contributed by atoms with Crippen LogP contribution < -0.4 is 5.73 Å². The van der Waals surface area contributed by atoms with Gasteiger partial charge < -0.3 is 15.6 Å². The lowest BCUT2D eigenvalue weighted by Crippen LogP contribution is -2.23. The third kappa shape index (κ3) is 3.55. The molecule has 0 spiro atoms. The van der Waals surface area contributed by atoms with E-state index in [9.17, 15) is 9.90 Å². The lowest BCUT2D eigenvalue weighted by atomic mass is 9.89. The van der Waals surface area contributed by atoms with E-state index in [2.05, 4.69) is 6.07 Å². The highest BCUT2D eigenvalue weighted by atomic mass is 16.5. The van der Waals surface area contributed by atoms with Crippen molar-refractivity contribution in [3.63, 3.8) is 0 Å². The fourth-order valence-corrected chi connectivity index (χ4v) is 2.64. The van der Waals surface area contributed by atoms with Crippen molar-refractivity contribution in [2.75, 3.05) is 13.2 Å². The summed E-state index contributed by atoms with van der Waals surface area (Å²) in [5.74, 6) is -1.13. The normalized spacial score (nSPS) is 19.7. The first kappa shape index (κ1) is 14.0. The predicted octanol–water partition coefficient (Wildman–Crippen LogP) is 2.13. The van der Waals surface area contributed by atoms with E-state index in [1.807, 2.05) is 18.2 Å². The number of hydrogen-bond donors (Lipinski definition) is 2. The van der Waals surface area contributed by atoms with Gasteiger partial charge in [-0.2, -0.15) is 0 Å². The zero-order valence-corrected chi connectivity index (χ0v) is 11.0. The summed E-state index contributed by atoms with van der Waals surface area (Å²) in [4.78, 5) is 11.3. The minimum absolute atomic E-state index is 0.0937. The van der Waals surface area contributed by atoms with E-state index < -0.39 is 5.97 Å². The van der Waals surface area contributed by atoms with Crippen molar-refractivity contribution in [1.29, 1.82) is 0 Å². The topological polar surface area (TPSA) is 72.5 Å². The average Bonchev–Trinajstić information content (AvgIpc) is 2.43. The van der Waals surface area contributed by atoms with Gasteiger partial charge in [0.2, 0.25) is 0 Å². The molecule has 2 unspecified atom stereocenters. The SMILES string of the molecule is NCCCC(CC1OCCc2ccccc21)C(=O)O.